The van der Waals surface area contributed by atoms with E-state index < -0.39 is 0 Å². The van der Waals surface area contributed by atoms with Crippen LogP contribution in [0, 0.1) is 0 Å². The number of hydrogen-bond donors (Lipinski definition) is 0. The Morgan fingerprint density at radius 3 is 2.47 bits per heavy atom. The number of carbonyl (C=O) groups excluding carboxylic acids is 2. The van der Waals surface area contributed by atoms with Crippen LogP contribution < -0.4 is 0 Å². The van der Waals surface area contributed by atoms with Gasteiger partial charge in [-0.05, 0) is 5.56 Å². The van der Waals surface area contributed by atoms with Gasteiger partial charge in [0.25, 0.3) is 0 Å². The maximum atomic E-state index is 11.6. The second kappa shape index (κ2) is 8.16. The van der Waals surface area contributed by atoms with E-state index in [1.807, 2.05) is 30.3 Å². The van der Waals surface area contributed by atoms with E-state index in [9.17, 15) is 9.59 Å². The number of oxime groups is 1. The Bertz CT molecular complexity index is 454. The van der Waals surface area contributed by atoms with Gasteiger partial charge in [-0.3, -0.25) is 9.59 Å². The number of ketones is 2. The summed E-state index contributed by atoms with van der Waals surface area (Å²) in [4.78, 5) is 27.3. The quantitative estimate of drug-likeness (QED) is 0.529. The fourth-order valence-corrected chi connectivity index (χ4v) is 1.43. The first-order chi connectivity index (χ1) is 9.13. The lowest BCUT2D eigenvalue weighted by Crippen LogP contribution is -2.19. The number of ether oxygens (including phenoxy) is 1. The second-order valence-electron chi connectivity index (χ2n) is 3.97. The van der Waals surface area contributed by atoms with Gasteiger partial charge in [0, 0.05) is 6.92 Å². The molecule has 0 N–H and O–H groups in total. The zero-order chi connectivity index (χ0) is 14.1. The van der Waals surface area contributed by atoms with Crippen LogP contribution in [0.3, 0.4) is 0 Å². The third kappa shape index (κ3) is 5.92. The minimum Gasteiger partial charge on any atom is -0.399 e. The van der Waals surface area contributed by atoms with Crippen LogP contribution in [0.15, 0.2) is 35.5 Å². The molecule has 1 aromatic carbocycles. The van der Waals surface area contributed by atoms with E-state index in [0.29, 0.717) is 6.61 Å². The smallest absolute Gasteiger partial charge is 0.177 e. The largest absolute Gasteiger partial charge is 0.399 e. The zero-order valence-electron chi connectivity index (χ0n) is 11.1. The molecule has 0 aliphatic carbocycles. The van der Waals surface area contributed by atoms with Crippen molar-refractivity contribution in [1.82, 2.24) is 0 Å². The van der Waals surface area contributed by atoms with Gasteiger partial charge < -0.3 is 9.57 Å². The number of carbonyl (C=O) groups is 2. The predicted molar refractivity (Wildman–Crippen MR) is 70.8 cm³/mol. The standard InChI is InChI=1S/C14H17NO4/c1-11(16)14(15-18-2)8-13(17)10-19-9-12-6-4-3-5-7-12/h3-7H,8-10H2,1-2H3/b15-14-. The molecule has 0 aromatic heterocycles. The molecule has 1 aromatic rings. The second-order valence-corrected chi connectivity index (χ2v) is 3.97. The molecule has 0 heterocycles. The van der Waals surface area contributed by atoms with Crippen molar-refractivity contribution in [1.29, 1.82) is 0 Å². The summed E-state index contributed by atoms with van der Waals surface area (Å²) in [5, 5.41) is 3.52. The fourth-order valence-electron chi connectivity index (χ4n) is 1.43. The van der Waals surface area contributed by atoms with Crippen LogP contribution in [0.25, 0.3) is 0 Å². The van der Waals surface area contributed by atoms with Crippen molar-refractivity contribution < 1.29 is 19.2 Å². The van der Waals surface area contributed by atoms with E-state index in [0.717, 1.165) is 5.56 Å². The van der Waals surface area contributed by atoms with Crippen molar-refractivity contribution in [2.75, 3.05) is 13.7 Å². The summed E-state index contributed by atoms with van der Waals surface area (Å²) < 4.78 is 5.28. The molecule has 102 valence electrons. The summed E-state index contributed by atoms with van der Waals surface area (Å²) >= 11 is 0. The lowest BCUT2D eigenvalue weighted by Gasteiger charge is -2.04. The minimum atomic E-state index is -0.279. The molecular weight excluding hydrogens is 246 g/mol. The third-order valence-electron chi connectivity index (χ3n) is 2.35. The minimum absolute atomic E-state index is 0.0507. The molecule has 0 aliphatic rings. The van der Waals surface area contributed by atoms with Gasteiger partial charge >= 0.3 is 0 Å². The monoisotopic (exact) mass is 263 g/mol. The van der Waals surface area contributed by atoms with Gasteiger partial charge in [0.1, 0.15) is 19.4 Å². The zero-order valence-corrected chi connectivity index (χ0v) is 11.1. The normalized spacial score (nSPS) is 11.2. The molecule has 0 amide bonds. The molecule has 0 fully saturated rings. The maximum absolute atomic E-state index is 11.6. The summed E-state index contributed by atoms with van der Waals surface area (Å²) in [6.07, 6.45) is -0.0715. The molecule has 19 heavy (non-hydrogen) atoms. The van der Waals surface area contributed by atoms with Crippen LogP contribution in [0.4, 0.5) is 0 Å². The van der Waals surface area contributed by atoms with Gasteiger partial charge in [-0.2, -0.15) is 0 Å². The van der Waals surface area contributed by atoms with E-state index in [2.05, 4.69) is 9.99 Å². The van der Waals surface area contributed by atoms with Crippen molar-refractivity contribution >= 4 is 17.3 Å². The highest BCUT2D eigenvalue weighted by Gasteiger charge is 2.13. The van der Waals surface area contributed by atoms with Gasteiger partial charge in [0.2, 0.25) is 0 Å². The van der Waals surface area contributed by atoms with Gasteiger partial charge in [-0.1, -0.05) is 35.5 Å². The van der Waals surface area contributed by atoms with Gasteiger partial charge in [-0.25, -0.2) is 0 Å². The van der Waals surface area contributed by atoms with E-state index in [1.54, 1.807) is 0 Å². The molecule has 5 nitrogen and oxygen atoms in total. The molecule has 0 spiro atoms. The molecule has 5 heteroatoms. The molecule has 1 rings (SSSR count). The first-order valence-corrected chi connectivity index (χ1v) is 5.87. The van der Waals surface area contributed by atoms with Crippen LogP contribution in [-0.4, -0.2) is 31.0 Å². The van der Waals surface area contributed by atoms with Gasteiger partial charge in [-0.15, -0.1) is 0 Å². The number of nitrogens with zero attached hydrogens (tertiary/aromatic N) is 1. The summed E-state index contributed by atoms with van der Waals surface area (Å²) in [6, 6.07) is 9.55. The molecule has 0 atom stereocenters. The first-order valence-electron chi connectivity index (χ1n) is 5.87. The number of Topliss-reactive ketones (excluding diaryl/α,β-unsaturated/α-hetero) is 2. The average molecular weight is 263 g/mol. The van der Waals surface area contributed by atoms with Crippen LogP contribution in [-0.2, 0) is 25.8 Å². The summed E-state index contributed by atoms with van der Waals surface area (Å²) in [6.45, 7) is 1.66. The predicted octanol–water partition coefficient (Wildman–Crippen LogP) is 1.75. The van der Waals surface area contributed by atoms with Crippen molar-refractivity contribution in [3.63, 3.8) is 0 Å². The Labute approximate surface area is 112 Å². The van der Waals surface area contributed by atoms with Crippen LogP contribution in [0.1, 0.15) is 18.9 Å². The summed E-state index contributed by atoms with van der Waals surface area (Å²) in [5.41, 5.74) is 1.10. The molecule has 0 radical (unpaired) electrons. The van der Waals surface area contributed by atoms with Gasteiger partial charge in [0.05, 0.1) is 13.0 Å². The molecule has 0 unspecified atom stereocenters. The Morgan fingerprint density at radius 2 is 1.89 bits per heavy atom. The molecule has 0 aliphatic heterocycles. The topological polar surface area (TPSA) is 65.0 Å². The number of benzene rings is 1. The number of rotatable bonds is 8. The lowest BCUT2D eigenvalue weighted by atomic mass is 10.1. The van der Waals surface area contributed by atoms with Crippen LogP contribution in [0.2, 0.25) is 0 Å². The van der Waals surface area contributed by atoms with Gasteiger partial charge in [0.15, 0.2) is 11.6 Å². The molecule has 0 bridgehead atoms. The highest BCUT2D eigenvalue weighted by atomic mass is 16.6. The SMILES string of the molecule is CO/N=C(/CC(=O)COCc1ccccc1)C(C)=O. The van der Waals surface area contributed by atoms with Crippen LogP contribution >= 0.6 is 0 Å². The van der Waals surface area contributed by atoms with Crippen LogP contribution in [0.5, 0.6) is 0 Å². The Hall–Kier alpha value is -2.01. The first kappa shape index (κ1) is 15.0. The van der Waals surface area contributed by atoms with Crippen molar-refractivity contribution in [3.8, 4) is 0 Å². The van der Waals surface area contributed by atoms with Crippen molar-refractivity contribution in [2.45, 2.75) is 20.0 Å². The summed E-state index contributed by atoms with van der Waals surface area (Å²) in [7, 11) is 1.33. The lowest BCUT2D eigenvalue weighted by molar-refractivity contribution is -0.123. The molecular formula is C14H17NO4. The van der Waals surface area contributed by atoms with E-state index in [1.165, 1.54) is 14.0 Å². The van der Waals surface area contributed by atoms with E-state index >= 15 is 0 Å². The van der Waals surface area contributed by atoms with Crippen molar-refractivity contribution in [3.05, 3.63) is 35.9 Å². The Kier molecular flexibility index (Phi) is 6.46. The number of hydrogen-bond acceptors (Lipinski definition) is 5. The average Bonchev–Trinajstić information content (AvgIpc) is 2.39. The van der Waals surface area contributed by atoms with Crippen molar-refractivity contribution in [2.24, 2.45) is 5.16 Å². The van der Waals surface area contributed by atoms with E-state index in [-0.39, 0.29) is 30.3 Å². The highest BCUT2D eigenvalue weighted by Crippen LogP contribution is 2.01. The Morgan fingerprint density at radius 1 is 1.21 bits per heavy atom. The maximum Gasteiger partial charge on any atom is 0.177 e. The highest BCUT2D eigenvalue weighted by molar-refractivity contribution is 6.41. The molecule has 0 saturated carbocycles. The summed E-state index contributed by atoms with van der Waals surface area (Å²) in [5.74, 6) is -0.486. The fraction of sp³-hybridized carbons (Fsp3) is 0.357. The Balaban J connectivity index is 2.35. The molecule has 0 saturated heterocycles. The van der Waals surface area contributed by atoms with E-state index in [4.69, 9.17) is 4.74 Å². The third-order valence-corrected chi connectivity index (χ3v) is 2.35.